The first-order valence-electron chi connectivity index (χ1n) is 5.19. The summed E-state index contributed by atoms with van der Waals surface area (Å²) >= 11 is 17.7. The quantitative estimate of drug-likeness (QED) is 0.871. The molecule has 0 saturated carbocycles. The molecule has 2 N–H and O–H groups in total. The lowest BCUT2D eigenvalue weighted by molar-refractivity contribution is -0.120. The average Bonchev–Trinajstić information content (AvgIpc) is 2.22. The van der Waals surface area contributed by atoms with Crippen LogP contribution in [0.25, 0.3) is 0 Å². The molecular formula is C11H13Cl3N2O. The third-order valence-electron chi connectivity index (χ3n) is 2.03. The highest BCUT2D eigenvalue weighted by Gasteiger charge is 2.07. The highest BCUT2D eigenvalue weighted by Crippen LogP contribution is 2.33. The number of hydrogen-bond donors (Lipinski definition) is 2. The fraction of sp³-hybridized carbons (Fsp3) is 0.364. The van der Waals surface area contributed by atoms with Crippen LogP contribution >= 0.6 is 34.8 Å². The Morgan fingerprint density at radius 1 is 1.24 bits per heavy atom. The fourth-order valence-electron chi connectivity index (χ4n) is 1.30. The molecule has 0 fully saturated rings. The van der Waals surface area contributed by atoms with Crippen LogP contribution in [0.4, 0.5) is 5.69 Å². The van der Waals surface area contributed by atoms with Gasteiger partial charge in [-0.05, 0) is 19.1 Å². The van der Waals surface area contributed by atoms with E-state index in [4.69, 9.17) is 34.8 Å². The third-order valence-corrected chi connectivity index (χ3v) is 2.85. The SMILES string of the molecule is CCNC(=O)CCNc1c(Cl)cc(Cl)cc1Cl. The average molecular weight is 296 g/mol. The Labute approximate surface area is 115 Å². The normalized spacial score (nSPS) is 10.1. The van der Waals surface area contributed by atoms with Crippen LogP contribution in [0.15, 0.2) is 12.1 Å². The molecule has 0 atom stereocenters. The van der Waals surface area contributed by atoms with Gasteiger partial charge in [0.25, 0.3) is 0 Å². The van der Waals surface area contributed by atoms with E-state index in [1.807, 2.05) is 6.92 Å². The first-order valence-corrected chi connectivity index (χ1v) is 6.33. The largest absolute Gasteiger partial charge is 0.382 e. The van der Waals surface area contributed by atoms with Gasteiger partial charge in [-0.2, -0.15) is 0 Å². The summed E-state index contributed by atoms with van der Waals surface area (Å²) in [6.45, 7) is 2.96. The van der Waals surface area contributed by atoms with E-state index in [2.05, 4.69) is 10.6 Å². The molecule has 0 radical (unpaired) electrons. The van der Waals surface area contributed by atoms with Gasteiger partial charge in [-0.25, -0.2) is 0 Å². The van der Waals surface area contributed by atoms with Crippen molar-refractivity contribution in [2.45, 2.75) is 13.3 Å². The minimum Gasteiger partial charge on any atom is -0.382 e. The van der Waals surface area contributed by atoms with Crippen LogP contribution in [0, 0.1) is 0 Å². The van der Waals surface area contributed by atoms with Gasteiger partial charge in [0.2, 0.25) is 5.91 Å². The summed E-state index contributed by atoms with van der Waals surface area (Å²) in [4.78, 5) is 11.2. The zero-order chi connectivity index (χ0) is 12.8. The molecule has 0 saturated heterocycles. The number of rotatable bonds is 5. The summed E-state index contributed by atoms with van der Waals surface area (Å²) < 4.78 is 0. The zero-order valence-corrected chi connectivity index (χ0v) is 11.6. The molecule has 0 bridgehead atoms. The molecule has 6 heteroatoms. The number of carbonyl (C=O) groups excluding carboxylic acids is 1. The van der Waals surface area contributed by atoms with E-state index in [1.165, 1.54) is 0 Å². The van der Waals surface area contributed by atoms with Crippen molar-refractivity contribution in [1.29, 1.82) is 0 Å². The lowest BCUT2D eigenvalue weighted by Gasteiger charge is -2.10. The summed E-state index contributed by atoms with van der Waals surface area (Å²) in [5, 5.41) is 7.09. The van der Waals surface area contributed by atoms with Gasteiger partial charge in [-0.3, -0.25) is 4.79 Å². The molecule has 17 heavy (non-hydrogen) atoms. The van der Waals surface area contributed by atoms with E-state index in [1.54, 1.807) is 12.1 Å². The standard InChI is InChI=1S/C11H13Cl3N2O/c1-2-15-10(17)3-4-16-11-8(13)5-7(12)6-9(11)14/h5-6,16H,2-4H2,1H3,(H,15,17). The van der Waals surface area contributed by atoms with Gasteiger partial charge in [0, 0.05) is 24.5 Å². The van der Waals surface area contributed by atoms with Crippen molar-refractivity contribution in [3.63, 3.8) is 0 Å². The van der Waals surface area contributed by atoms with Crippen molar-refractivity contribution < 1.29 is 4.79 Å². The molecule has 0 aromatic heterocycles. The van der Waals surface area contributed by atoms with Gasteiger partial charge < -0.3 is 10.6 Å². The maximum atomic E-state index is 11.2. The number of anilines is 1. The van der Waals surface area contributed by atoms with E-state index in [-0.39, 0.29) is 5.91 Å². The summed E-state index contributed by atoms with van der Waals surface area (Å²) in [6.07, 6.45) is 0.364. The molecule has 1 aromatic carbocycles. The molecular weight excluding hydrogens is 282 g/mol. The lowest BCUT2D eigenvalue weighted by Crippen LogP contribution is -2.24. The monoisotopic (exact) mass is 294 g/mol. The van der Waals surface area contributed by atoms with E-state index < -0.39 is 0 Å². The summed E-state index contributed by atoms with van der Waals surface area (Å²) in [5.74, 6) is -0.0128. The number of carbonyl (C=O) groups is 1. The van der Waals surface area contributed by atoms with Crippen LogP contribution in [0.5, 0.6) is 0 Å². The molecule has 0 aliphatic heterocycles. The molecule has 1 aromatic rings. The van der Waals surface area contributed by atoms with Crippen LogP contribution in [0.3, 0.4) is 0 Å². The fourth-order valence-corrected chi connectivity index (χ4v) is 2.25. The predicted molar refractivity (Wildman–Crippen MR) is 73.3 cm³/mol. The highest BCUT2D eigenvalue weighted by atomic mass is 35.5. The van der Waals surface area contributed by atoms with Crippen LogP contribution < -0.4 is 10.6 Å². The number of nitrogens with one attached hydrogen (secondary N) is 2. The van der Waals surface area contributed by atoms with Crippen LogP contribution in [0.2, 0.25) is 15.1 Å². The maximum absolute atomic E-state index is 11.2. The predicted octanol–water partition coefficient (Wildman–Crippen LogP) is 3.58. The summed E-state index contributed by atoms with van der Waals surface area (Å²) in [6, 6.07) is 3.20. The van der Waals surface area contributed by atoms with E-state index in [9.17, 15) is 4.79 Å². The van der Waals surface area contributed by atoms with Crippen molar-refractivity contribution in [2.24, 2.45) is 0 Å². The van der Waals surface area contributed by atoms with Gasteiger partial charge in [-0.1, -0.05) is 34.8 Å². The van der Waals surface area contributed by atoms with Gasteiger partial charge in [0.05, 0.1) is 15.7 Å². The third kappa shape index (κ3) is 4.62. The van der Waals surface area contributed by atoms with E-state index in [0.717, 1.165) is 0 Å². The number of hydrogen-bond acceptors (Lipinski definition) is 2. The Morgan fingerprint density at radius 3 is 2.35 bits per heavy atom. The topological polar surface area (TPSA) is 41.1 Å². The molecule has 1 rings (SSSR count). The van der Waals surface area contributed by atoms with Crippen molar-refractivity contribution >= 4 is 46.4 Å². The van der Waals surface area contributed by atoms with Crippen molar-refractivity contribution in [2.75, 3.05) is 18.4 Å². The smallest absolute Gasteiger partial charge is 0.221 e. The summed E-state index contributed by atoms with van der Waals surface area (Å²) in [5.41, 5.74) is 0.599. The molecule has 0 heterocycles. The van der Waals surface area contributed by atoms with Gasteiger partial charge in [0.1, 0.15) is 0 Å². The van der Waals surface area contributed by atoms with E-state index in [0.29, 0.717) is 40.3 Å². The Kier molecular flexibility index (Phi) is 5.89. The second-order valence-electron chi connectivity index (χ2n) is 3.37. The Morgan fingerprint density at radius 2 is 1.82 bits per heavy atom. The van der Waals surface area contributed by atoms with Crippen molar-refractivity contribution in [3.8, 4) is 0 Å². The van der Waals surface area contributed by atoms with Crippen molar-refractivity contribution in [3.05, 3.63) is 27.2 Å². The second-order valence-corrected chi connectivity index (χ2v) is 4.63. The molecule has 0 unspecified atom stereocenters. The summed E-state index contributed by atoms with van der Waals surface area (Å²) in [7, 11) is 0. The maximum Gasteiger partial charge on any atom is 0.221 e. The van der Waals surface area contributed by atoms with Crippen LogP contribution in [-0.4, -0.2) is 19.0 Å². The number of benzene rings is 1. The first-order chi connectivity index (χ1) is 8.04. The Balaban J connectivity index is 2.55. The molecule has 1 amide bonds. The Bertz CT molecular complexity index is 387. The second kappa shape index (κ2) is 6.94. The van der Waals surface area contributed by atoms with Crippen molar-refractivity contribution in [1.82, 2.24) is 5.32 Å². The molecule has 3 nitrogen and oxygen atoms in total. The zero-order valence-electron chi connectivity index (χ0n) is 9.32. The molecule has 0 aliphatic rings. The Hall–Kier alpha value is -0.640. The van der Waals surface area contributed by atoms with E-state index >= 15 is 0 Å². The highest BCUT2D eigenvalue weighted by molar-refractivity contribution is 6.41. The van der Waals surface area contributed by atoms with Crippen LogP contribution in [0.1, 0.15) is 13.3 Å². The van der Waals surface area contributed by atoms with Gasteiger partial charge in [0.15, 0.2) is 0 Å². The number of amides is 1. The molecule has 0 spiro atoms. The lowest BCUT2D eigenvalue weighted by atomic mass is 10.3. The first kappa shape index (κ1) is 14.4. The minimum absolute atomic E-state index is 0.0128. The van der Waals surface area contributed by atoms with Gasteiger partial charge >= 0.3 is 0 Å². The minimum atomic E-state index is -0.0128. The number of halogens is 3. The van der Waals surface area contributed by atoms with Gasteiger partial charge in [-0.15, -0.1) is 0 Å². The van der Waals surface area contributed by atoms with Crippen LogP contribution in [-0.2, 0) is 4.79 Å². The molecule has 94 valence electrons. The molecule has 0 aliphatic carbocycles.